The van der Waals surface area contributed by atoms with Gasteiger partial charge in [-0.2, -0.15) is 4.37 Å². The first-order valence-corrected chi connectivity index (χ1v) is 11.5. The molecular formula is C27H25N3OS. The molecule has 4 nitrogen and oxygen atoms in total. The van der Waals surface area contributed by atoms with Crippen molar-refractivity contribution in [1.29, 1.82) is 0 Å². The third-order valence-electron chi connectivity index (χ3n) is 6.02. The summed E-state index contributed by atoms with van der Waals surface area (Å²) >= 11 is 1.57. The second-order valence-corrected chi connectivity index (χ2v) is 8.97. The van der Waals surface area contributed by atoms with Crippen LogP contribution in [0.1, 0.15) is 35.2 Å². The van der Waals surface area contributed by atoms with Gasteiger partial charge in [-0.05, 0) is 48.6 Å². The normalized spacial score (nSPS) is 12.2. The smallest absolute Gasteiger partial charge is 0.143 e. The first-order valence-electron chi connectivity index (χ1n) is 10.7. The molecule has 1 unspecified atom stereocenters. The highest BCUT2D eigenvalue weighted by atomic mass is 32.1. The molecule has 0 saturated heterocycles. The molecule has 0 fully saturated rings. The fraction of sp³-hybridized carbons (Fsp3) is 0.185. The number of aryl methyl sites for hydroxylation is 2. The van der Waals surface area contributed by atoms with Crippen molar-refractivity contribution in [3.8, 4) is 22.7 Å². The minimum atomic E-state index is 0.300. The molecule has 0 radical (unpaired) electrons. The molecule has 5 aromatic rings. The summed E-state index contributed by atoms with van der Waals surface area (Å²) in [7, 11) is 1.70. The molecule has 0 amide bonds. The van der Waals surface area contributed by atoms with E-state index in [1.54, 1.807) is 18.6 Å². The summed E-state index contributed by atoms with van der Waals surface area (Å²) in [6, 6.07) is 21.6. The van der Waals surface area contributed by atoms with Gasteiger partial charge in [-0.15, -0.1) is 0 Å². The Morgan fingerprint density at radius 1 is 1.00 bits per heavy atom. The van der Waals surface area contributed by atoms with Crippen molar-refractivity contribution >= 4 is 21.6 Å². The van der Waals surface area contributed by atoms with E-state index in [1.807, 2.05) is 24.0 Å². The minimum Gasteiger partial charge on any atom is -0.495 e. The maximum atomic E-state index is 5.72. The van der Waals surface area contributed by atoms with E-state index in [-0.39, 0.29) is 0 Å². The highest BCUT2D eigenvalue weighted by Gasteiger charge is 2.18. The maximum Gasteiger partial charge on any atom is 0.143 e. The molecule has 1 atom stereocenters. The van der Waals surface area contributed by atoms with E-state index in [1.165, 1.54) is 26.8 Å². The van der Waals surface area contributed by atoms with Gasteiger partial charge in [-0.3, -0.25) is 0 Å². The van der Waals surface area contributed by atoms with Crippen LogP contribution in [0.5, 0.6) is 5.75 Å². The van der Waals surface area contributed by atoms with Gasteiger partial charge in [0, 0.05) is 23.1 Å². The number of aromatic nitrogens is 3. The molecule has 2 heterocycles. The van der Waals surface area contributed by atoms with Crippen LogP contribution in [0.25, 0.3) is 27.0 Å². The number of imidazole rings is 1. The van der Waals surface area contributed by atoms with Gasteiger partial charge >= 0.3 is 0 Å². The number of hydrogen-bond acceptors (Lipinski definition) is 4. The summed E-state index contributed by atoms with van der Waals surface area (Å²) in [4.78, 5) is 4.33. The van der Waals surface area contributed by atoms with Crippen molar-refractivity contribution in [2.75, 3.05) is 7.11 Å². The predicted octanol–water partition coefficient (Wildman–Crippen LogP) is 6.93. The quantitative estimate of drug-likeness (QED) is 0.298. The average Bonchev–Trinajstić information content (AvgIpc) is 3.45. The van der Waals surface area contributed by atoms with E-state index >= 15 is 0 Å². The summed E-state index contributed by atoms with van der Waals surface area (Å²) in [6.07, 6.45) is 3.80. The molecule has 0 bridgehead atoms. The summed E-state index contributed by atoms with van der Waals surface area (Å²) in [6.45, 7) is 6.37. The number of fused-ring (bicyclic) bond motifs is 1. The van der Waals surface area contributed by atoms with E-state index in [0.717, 1.165) is 28.4 Å². The molecule has 0 saturated carbocycles. The van der Waals surface area contributed by atoms with E-state index in [9.17, 15) is 0 Å². The van der Waals surface area contributed by atoms with Gasteiger partial charge < -0.3 is 9.30 Å². The van der Waals surface area contributed by atoms with Crippen molar-refractivity contribution in [3.63, 3.8) is 0 Å². The largest absolute Gasteiger partial charge is 0.495 e. The van der Waals surface area contributed by atoms with Crippen LogP contribution >= 0.6 is 11.5 Å². The van der Waals surface area contributed by atoms with E-state index in [4.69, 9.17) is 9.11 Å². The Balaban J connectivity index is 1.57. The zero-order valence-electron chi connectivity index (χ0n) is 18.7. The maximum absolute atomic E-state index is 5.72. The fourth-order valence-corrected chi connectivity index (χ4v) is 5.16. The van der Waals surface area contributed by atoms with E-state index in [0.29, 0.717) is 5.92 Å². The number of ether oxygens (including phenoxy) is 1. The topological polar surface area (TPSA) is 39.9 Å². The number of methoxy groups -OCH3 is 1. The number of hydrogen-bond donors (Lipinski definition) is 0. The Morgan fingerprint density at radius 2 is 1.81 bits per heavy atom. The van der Waals surface area contributed by atoms with Crippen LogP contribution in [-0.4, -0.2) is 21.0 Å². The second kappa shape index (κ2) is 8.24. The van der Waals surface area contributed by atoms with Gasteiger partial charge in [0.1, 0.15) is 5.75 Å². The van der Waals surface area contributed by atoms with Crippen molar-refractivity contribution in [1.82, 2.24) is 13.9 Å². The fourth-order valence-electron chi connectivity index (χ4n) is 4.16. The molecule has 0 spiro atoms. The van der Waals surface area contributed by atoms with Crippen LogP contribution in [0, 0.1) is 13.8 Å². The van der Waals surface area contributed by atoms with Crippen LogP contribution in [0.15, 0.2) is 73.2 Å². The van der Waals surface area contributed by atoms with Crippen LogP contribution in [0.4, 0.5) is 0 Å². The molecule has 32 heavy (non-hydrogen) atoms. The molecule has 0 N–H and O–H groups in total. The summed E-state index contributed by atoms with van der Waals surface area (Å²) < 4.78 is 13.8. The predicted molar refractivity (Wildman–Crippen MR) is 132 cm³/mol. The SMILES string of the molecule is COc1cc(-c2nsc3c(C(C)c4ccc(C)cc4)cccc23)ccc1-n1cnc(C)c1. The lowest BCUT2D eigenvalue weighted by molar-refractivity contribution is 0.413. The monoisotopic (exact) mass is 439 g/mol. The molecule has 2 aromatic heterocycles. The molecule has 3 aromatic carbocycles. The minimum absolute atomic E-state index is 0.300. The van der Waals surface area contributed by atoms with Gasteiger partial charge in [0.05, 0.1) is 35.2 Å². The third kappa shape index (κ3) is 3.59. The first kappa shape index (κ1) is 20.5. The number of nitrogens with zero attached hydrogens (tertiary/aromatic N) is 3. The molecule has 0 aliphatic heterocycles. The summed E-state index contributed by atoms with van der Waals surface area (Å²) in [5.74, 6) is 1.10. The summed E-state index contributed by atoms with van der Waals surface area (Å²) in [5.41, 5.74) is 7.89. The lowest BCUT2D eigenvalue weighted by Crippen LogP contribution is -1.97. The highest BCUT2D eigenvalue weighted by Crippen LogP contribution is 2.39. The van der Waals surface area contributed by atoms with Gasteiger partial charge in [0.25, 0.3) is 0 Å². The van der Waals surface area contributed by atoms with Crippen molar-refractivity contribution in [2.24, 2.45) is 0 Å². The molecule has 160 valence electrons. The first-order chi connectivity index (χ1) is 15.5. The summed E-state index contributed by atoms with van der Waals surface area (Å²) in [5, 5.41) is 1.18. The van der Waals surface area contributed by atoms with Crippen LogP contribution in [0.3, 0.4) is 0 Å². The molecule has 5 heteroatoms. The van der Waals surface area contributed by atoms with Crippen molar-refractivity contribution in [3.05, 3.63) is 95.6 Å². The molecule has 0 aliphatic rings. The standard InChI is InChI=1S/C27H25N3OS/c1-17-8-10-20(11-9-17)19(3)22-6-5-7-23-26(29-32-27(22)23)21-12-13-24(25(14-21)31-4)30-15-18(2)28-16-30/h5-16,19H,1-4H3. The van der Waals surface area contributed by atoms with Gasteiger partial charge in [0.2, 0.25) is 0 Å². The van der Waals surface area contributed by atoms with Crippen molar-refractivity contribution < 1.29 is 4.74 Å². The van der Waals surface area contributed by atoms with Crippen LogP contribution in [-0.2, 0) is 0 Å². The van der Waals surface area contributed by atoms with Crippen LogP contribution < -0.4 is 4.74 Å². The lowest BCUT2D eigenvalue weighted by atomic mass is 9.91. The average molecular weight is 440 g/mol. The number of benzene rings is 3. The van der Waals surface area contributed by atoms with E-state index in [2.05, 4.69) is 79.5 Å². The van der Waals surface area contributed by atoms with Gasteiger partial charge in [-0.25, -0.2) is 4.98 Å². The van der Waals surface area contributed by atoms with Crippen molar-refractivity contribution in [2.45, 2.75) is 26.7 Å². The second-order valence-electron chi connectivity index (χ2n) is 8.20. The van der Waals surface area contributed by atoms with Gasteiger partial charge in [-0.1, -0.05) is 61.0 Å². The molecule has 5 rings (SSSR count). The zero-order valence-corrected chi connectivity index (χ0v) is 19.5. The molecular weight excluding hydrogens is 414 g/mol. The van der Waals surface area contributed by atoms with Crippen LogP contribution in [0.2, 0.25) is 0 Å². The Bertz CT molecular complexity index is 1400. The Labute approximate surface area is 192 Å². The van der Waals surface area contributed by atoms with Gasteiger partial charge in [0.15, 0.2) is 0 Å². The Morgan fingerprint density at radius 3 is 2.53 bits per heavy atom. The van der Waals surface area contributed by atoms with E-state index < -0.39 is 0 Å². The number of rotatable bonds is 5. The third-order valence-corrected chi connectivity index (χ3v) is 6.93. The zero-order chi connectivity index (χ0) is 22.2. The lowest BCUT2D eigenvalue weighted by Gasteiger charge is -2.14. The molecule has 0 aliphatic carbocycles. The highest BCUT2D eigenvalue weighted by molar-refractivity contribution is 7.14. The Hall–Kier alpha value is -3.44. The Kier molecular flexibility index (Phi) is 5.27.